The molecule has 0 N–H and O–H groups in total. The van der Waals surface area contributed by atoms with Gasteiger partial charge in [-0.05, 0) is 19.8 Å². The van der Waals surface area contributed by atoms with Gasteiger partial charge in [0.2, 0.25) is 0 Å². The molecule has 108 valence electrons. The molecule has 3 rings (SSSR count). The maximum absolute atomic E-state index is 12.6. The number of sulfonamides is 1. The summed E-state index contributed by atoms with van der Waals surface area (Å²) in [6.07, 6.45) is 2.81. The van der Waals surface area contributed by atoms with Gasteiger partial charge in [-0.3, -0.25) is 0 Å². The highest BCUT2D eigenvalue weighted by Crippen LogP contribution is 2.38. The molecule has 0 saturated carbocycles. The topological polar surface area (TPSA) is 76.3 Å². The van der Waals surface area contributed by atoms with Gasteiger partial charge in [-0.25, -0.2) is 13.4 Å². The first kappa shape index (κ1) is 14.0. The predicted molar refractivity (Wildman–Crippen MR) is 74.2 cm³/mol. The van der Waals surface area contributed by atoms with Crippen molar-refractivity contribution in [3.05, 3.63) is 28.2 Å². The summed E-state index contributed by atoms with van der Waals surface area (Å²) in [7, 11) is -3.59. The molecule has 0 amide bonds. The molecule has 1 atom stereocenters. The summed E-state index contributed by atoms with van der Waals surface area (Å²) >= 11 is 6.69. The van der Waals surface area contributed by atoms with Crippen LogP contribution in [0.2, 0.25) is 4.47 Å². The molecule has 6 nitrogen and oxygen atoms in total. The molecule has 2 aromatic heterocycles. The van der Waals surface area contributed by atoms with Crippen molar-refractivity contribution in [2.75, 3.05) is 6.54 Å². The van der Waals surface area contributed by atoms with E-state index in [1.807, 2.05) is 6.92 Å². The number of hydrogen-bond acceptors (Lipinski definition) is 6. The summed E-state index contributed by atoms with van der Waals surface area (Å²) in [6, 6.07) is 1.47. The summed E-state index contributed by atoms with van der Waals surface area (Å²) < 4.78 is 32.3. The minimum Gasteiger partial charge on any atom is -0.359 e. The average Bonchev–Trinajstić information content (AvgIpc) is 3.07. The van der Waals surface area contributed by atoms with E-state index < -0.39 is 10.0 Å². The maximum Gasteiger partial charge on any atom is 0.254 e. The van der Waals surface area contributed by atoms with Crippen LogP contribution in [-0.4, -0.2) is 29.4 Å². The van der Waals surface area contributed by atoms with Gasteiger partial charge in [-0.1, -0.05) is 28.1 Å². The first-order valence-corrected chi connectivity index (χ1v) is 8.68. The monoisotopic (exact) mass is 333 g/mol. The van der Waals surface area contributed by atoms with Crippen LogP contribution in [0.4, 0.5) is 0 Å². The zero-order valence-electron chi connectivity index (χ0n) is 10.6. The molecule has 3 heterocycles. The molecule has 0 spiro atoms. The van der Waals surface area contributed by atoms with Crippen molar-refractivity contribution in [3.8, 4) is 0 Å². The van der Waals surface area contributed by atoms with Gasteiger partial charge in [0.05, 0.1) is 17.9 Å². The molecule has 1 fully saturated rings. The zero-order valence-corrected chi connectivity index (χ0v) is 13.0. The van der Waals surface area contributed by atoms with E-state index in [1.165, 1.54) is 10.5 Å². The maximum atomic E-state index is 12.6. The highest BCUT2D eigenvalue weighted by Gasteiger charge is 2.39. The fourth-order valence-electron chi connectivity index (χ4n) is 2.33. The van der Waals surface area contributed by atoms with Crippen molar-refractivity contribution in [2.45, 2.75) is 30.0 Å². The number of thiazole rings is 1. The number of hydrogen-bond donors (Lipinski definition) is 0. The zero-order chi connectivity index (χ0) is 14.3. The second-order valence-electron chi connectivity index (χ2n) is 4.58. The van der Waals surface area contributed by atoms with Crippen molar-refractivity contribution in [3.63, 3.8) is 0 Å². The van der Waals surface area contributed by atoms with Crippen molar-refractivity contribution >= 4 is 33.0 Å². The van der Waals surface area contributed by atoms with Crippen LogP contribution >= 0.6 is 22.9 Å². The Kier molecular flexibility index (Phi) is 3.57. The Morgan fingerprint density at radius 2 is 2.35 bits per heavy atom. The average molecular weight is 334 g/mol. The van der Waals surface area contributed by atoms with Crippen molar-refractivity contribution in [1.82, 2.24) is 14.4 Å². The molecule has 1 saturated heterocycles. The van der Waals surface area contributed by atoms with Crippen LogP contribution in [0.5, 0.6) is 0 Å². The molecule has 0 aromatic carbocycles. The normalized spacial score (nSPS) is 20.6. The summed E-state index contributed by atoms with van der Waals surface area (Å²) in [4.78, 5) is 3.80. The van der Waals surface area contributed by atoms with E-state index in [2.05, 4.69) is 10.1 Å². The van der Waals surface area contributed by atoms with Gasteiger partial charge in [-0.2, -0.15) is 4.31 Å². The SMILES string of the molecule is Cc1cc(C2CCCN2S(=O)(=O)c2cnc(Cl)s2)on1. The number of nitrogens with zero attached hydrogens (tertiary/aromatic N) is 3. The summed E-state index contributed by atoms with van der Waals surface area (Å²) in [5, 5.41) is 3.83. The molecule has 1 unspecified atom stereocenters. The second kappa shape index (κ2) is 5.10. The van der Waals surface area contributed by atoms with Crippen LogP contribution in [-0.2, 0) is 10.0 Å². The molecular weight excluding hydrogens is 322 g/mol. The van der Waals surface area contributed by atoms with Crippen LogP contribution in [0.15, 0.2) is 21.0 Å². The molecule has 0 bridgehead atoms. The van der Waals surface area contributed by atoms with Crippen LogP contribution in [0, 0.1) is 6.92 Å². The molecule has 0 radical (unpaired) electrons. The van der Waals surface area contributed by atoms with Crippen LogP contribution in [0.3, 0.4) is 0 Å². The van der Waals surface area contributed by atoms with Gasteiger partial charge in [-0.15, -0.1) is 0 Å². The van der Waals surface area contributed by atoms with E-state index in [9.17, 15) is 8.42 Å². The Labute approximate surface area is 125 Å². The Morgan fingerprint density at radius 1 is 1.55 bits per heavy atom. The fourth-order valence-corrected chi connectivity index (χ4v) is 5.41. The first-order valence-electron chi connectivity index (χ1n) is 6.05. The second-order valence-corrected chi connectivity index (χ2v) is 8.31. The van der Waals surface area contributed by atoms with E-state index in [4.69, 9.17) is 16.1 Å². The lowest BCUT2D eigenvalue weighted by molar-refractivity contribution is 0.297. The molecule has 9 heteroatoms. The summed E-state index contributed by atoms with van der Waals surface area (Å²) in [5.41, 5.74) is 0.741. The van der Waals surface area contributed by atoms with E-state index >= 15 is 0 Å². The summed E-state index contributed by atoms with van der Waals surface area (Å²) in [5.74, 6) is 0.583. The third-order valence-electron chi connectivity index (χ3n) is 3.20. The van der Waals surface area contributed by atoms with Gasteiger partial charge < -0.3 is 4.52 Å². The number of halogens is 1. The Bertz CT molecular complexity index is 725. The third kappa shape index (κ3) is 2.37. The van der Waals surface area contributed by atoms with Crippen LogP contribution in [0.1, 0.15) is 30.3 Å². The van der Waals surface area contributed by atoms with Gasteiger partial charge in [0, 0.05) is 12.6 Å². The highest BCUT2D eigenvalue weighted by molar-refractivity contribution is 7.91. The van der Waals surface area contributed by atoms with Gasteiger partial charge in [0.25, 0.3) is 10.0 Å². The van der Waals surface area contributed by atoms with E-state index in [-0.39, 0.29) is 14.7 Å². The lowest BCUT2D eigenvalue weighted by Gasteiger charge is -2.20. The number of aromatic nitrogens is 2. The highest BCUT2D eigenvalue weighted by atomic mass is 35.5. The summed E-state index contributed by atoms with van der Waals surface area (Å²) in [6.45, 7) is 2.27. The molecule has 1 aliphatic heterocycles. The standard InChI is InChI=1S/C11H12ClN3O3S2/c1-7-5-9(18-14-7)8-3-2-4-15(8)20(16,17)10-6-13-11(12)19-10/h5-6,8H,2-4H2,1H3. The Balaban J connectivity index is 1.96. The predicted octanol–water partition coefficient (Wildman–Crippen LogP) is 2.62. The fraction of sp³-hybridized carbons (Fsp3) is 0.455. The number of rotatable bonds is 3. The van der Waals surface area contributed by atoms with E-state index in [0.717, 1.165) is 29.9 Å². The van der Waals surface area contributed by atoms with Crippen molar-refractivity contribution in [1.29, 1.82) is 0 Å². The van der Waals surface area contributed by atoms with E-state index in [0.29, 0.717) is 12.3 Å². The largest absolute Gasteiger partial charge is 0.359 e. The molecule has 1 aliphatic rings. The minimum absolute atomic E-state index is 0.158. The molecule has 20 heavy (non-hydrogen) atoms. The molecule has 2 aromatic rings. The lowest BCUT2D eigenvalue weighted by atomic mass is 10.2. The van der Waals surface area contributed by atoms with Gasteiger partial charge in [0.1, 0.15) is 0 Å². The third-order valence-corrected chi connectivity index (χ3v) is 6.66. The molecular formula is C11H12ClN3O3S2. The number of aryl methyl sites for hydroxylation is 1. The first-order chi connectivity index (χ1) is 9.48. The Hall–Kier alpha value is -0.960. The van der Waals surface area contributed by atoms with E-state index in [1.54, 1.807) is 6.07 Å². The lowest BCUT2D eigenvalue weighted by Crippen LogP contribution is -2.30. The van der Waals surface area contributed by atoms with Crippen molar-refractivity contribution in [2.24, 2.45) is 0 Å². The Morgan fingerprint density at radius 3 is 2.95 bits per heavy atom. The minimum atomic E-state index is -3.59. The smallest absolute Gasteiger partial charge is 0.254 e. The van der Waals surface area contributed by atoms with Crippen LogP contribution < -0.4 is 0 Å². The quantitative estimate of drug-likeness (QED) is 0.863. The van der Waals surface area contributed by atoms with Crippen LogP contribution in [0.25, 0.3) is 0 Å². The van der Waals surface area contributed by atoms with Gasteiger partial charge >= 0.3 is 0 Å². The van der Waals surface area contributed by atoms with Crippen molar-refractivity contribution < 1.29 is 12.9 Å². The van der Waals surface area contributed by atoms with Gasteiger partial charge in [0.15, 0.2) is 14.4 Å². The molecule has 0 aliphatic carbocycles.